The Hall–Kier alpha value is -3.71. The number of benzene rings is 3. The van der Waals surface area contributed by atoms with Gasteiger partial charge in [0.15, 0.2) is 0 Å². The van der Waals surface area contributed by atoms with Gasteiger partial charge in [0.05, 0.1) is 17.2 Å². The molecule has 0 radical (unpaired) electrons. The summed E-state index contributed by atoms with van der Waals surface area (Å²) < 4.78 is 0. The second kappa shape index (κ2) is 8.57. The molecule has 0 aliphatic carbocycles. The van der Waals surface area contributed by atoms with Crippen molar-refractivity contribution >= 4 is 35.1 Å². The number of fused-ring (bicyclic) bond motifs is 1. The molecule has 1 aliphatic heterocycles. The molecule has 3 aromatic rings. The van der Waals surface area contributed by atoms with Crippen LogP contribution in [0.15, 0.2) is 77.9 Å². The van der Waals surface area contributed by atoms with Crippen LogP contribution in [0.3, 0.4) is 0 Å². The quantitative estimate of drug-likeness (QED) is 0.340. The highest BCUT2D eigenvalue weighted by Gasteiger charge is 2.32. The molecule has 4 rings (SSSR count). The van der Waals surface area contributed by atoms with E-state index in [9.17, 15) is 14.9 Å². The summed E-state index contributed by atoms with van der Waals surface area (Å²) >= 11 is 6.31. The van der Waals surface area contributed by atoms with E-state index in [0.29, 0.717) is 10.6 Å². The second-order valence-corrected chi connectivity index (χ2v) is 7.60. The third-order valence-electron chi connectivity index (χ3n) is 5.17. The molecule has 0 aromatic heterocycles. The summed E-state index contributed by atoms with van der Waals surface area (Å²) in [6.07, 6.45) is 1.53. The van der Waals surface area contributed by atoms with Crippen molar-refractivity contribution in [2.75, 3.05) is 18.5 Å². The van der Waals surface area contributed by atoms with Crippen LogP contribution in [-0.4, -0.2) is 35.6 Å². The van der Waals surface area contributed by atoms with Crippen LogP contribution in [0, 0.1) is 10.1 Å². The molecule has 3 aromatic carbocycles. The summed E-state index contributed by atoms with van der Waals surface area (Å²) in [5.74, 6) is -0.127. The fourth-order valence-corrected chi connectivity index (χ4v) is 3.82. The van der Waals surface area contributed by atoms with Gasteiger partial charge in [0, 0.05) is 41.0 Å². The van der Waals surface area contributed by atoms with Gasteiger partial charge in [-0.2, -0.15) is 5.10 Å². The molecule has 1 aliphatic rings. The molecule has 0 saturated heterocycles. The highest BCUT2D eigenvalue weighted by atomic mass is 35.5. The minimum absolute atomic E-state index is 0.0210. The highest BCUT2D eigenvalue weighted by molar-refractivity contribution is 6.30. The Morgan fingerprint density at radius 2 is 1.87 bits per heavy atom. The molecular formula is C23H19ClN4O3. The Morgan fingerprint density at radius 1 is 1.10 bits per heavy atom. The van der Waals surface area contributed by atoms with Crippen molar-refractivity contribution in [3.05, 3.63) is 105 Å². The largest absolute Gasteiger partial charge is 0.314 e. The molecule has 0 N–H and O–H groups in total. The van der Waals surface area contributed by atoms with Gasteiger partial charge >= 0.3 is 0 Å². The van der Waals surface area contributed by atoms with E-state index in [1.165, 1.54) is 18.3 Å². The van der Waals surface area contributed by atoms with Gasteiger partial charge in [-0.15, -0.1) is 0 Å². The number of rotatable bonds is 4. The number of likely N-dealkylation sites (N-methyl/N-ethyl adjacent to an activating group) is 1. The van der Waals surface area contributed by atoms with Crippen LogP contribution in [0.25, 0.3) is 0 Å². The second-order valence-electron chi connectivity index (χ2n) is 7.16. The third-order valence-corrected chi connectivity index (χ3v) is 5.40. The lowest BCUT2D eigenvalue weighted by Gasteiger charge is -2.28. The number of carbonyl (C=O) groups excluding carboxylic acids is 1. The maximum atomic E-state index is 12.9. The van der Waals surface area contributed by atoms with E-state index in [1.807, 2.05) is 42.5 Å². The Labute approximate surface area is 184 Å². The first kappa shape index (κ1) is 20.6. The number of amides is 1. The van der Waals surface area contributed by atoms with E-state index in [0.717, 1.165) is 16.8 Å². The predicted molar refractivity (Wildman–Crippen MR) is 121 cm³/mol. The van der Waals surface area contributed by atoms with Crippen molar-refractivity contribution in [2.45, 2.75) is 6.04 Å². The standard InChI is InChI=1S/C23H19ClN4O3/c1-26-21-11-10-18(24)13-20(21)23(17-7-3-2-4-8-17)27(15-22(26)29)25-14-16-6-5-9-19(12-16)28(30)31/h2-14,23H,15H2,1H3. The fraction of sp³-hybridized carbons (Fsp3) is 0.130. The Bertz CT molecular complexity index is 1170. The zero-order valence-electron chi connectivity index (χ0n) is 16.7. The summed E-state index contributed by atoms with van der Waals surface area (Å²) in [4.78, 5) is 25.1. The lowest BCUT2D eigenvalue weighted by molar-refractivity contribution is -0.384. The van der Waals surface area contributed by atoms with Gasteiger partial charge in [0.25, 0.3) is 5.69 Å². The number of carbonyl (C=O) groups is 1. The lowest BCUT2D eigenvalue weighted by Crippen LogP contribution is -2.34. The Kier molecular flexibility index (Phi) is 5.68. The molecule has 1 atom stereocenters. The van der Waals surface area contributed by atoms with Crippen molar-refractivity contribution < 1.29 is 9.72 Å². The first-order valence-corrected chi connectivity index (χ1v) is 9.98. The van der Waals surface area contributed by atoms with Gasteiger partial charge < -0.3 is 4.90 Å². The highest BCUT2D eigenvalue weighted by Crippen LogP contribution is 2.39. The molecule has 7 nitrogen and oxygen atoms in total. The van der Waals surface area contributed by atoms with Crippen LogP contribution in [0.2, 0.25) is 5.02 Å². The number of non-ortho nitro benzene ring substituents is 1. The molecule has 0 bridgehead atoms. The molecule has 1 unspecified atom stereocenters. The van der Waals surface area contributed by atoms with Crippen molar-refractivity contribution in [1.82, 2.24) is 5.01 Å². The molecule has 0 fully saturated rings. The molecule has 8 heteroatoms. The first-order valence-electron chi connectivity index (χ1n) is 9.60. The molecule has 0 spiro atoms. The Morgan fingerprint density at radius 3 is 2.61 bits per heavy atom. The lowest BCUT2D eigenvalue weighted by atomic mass is 9.97. The summed E-state index contributed by atoms with van der Waals surface area (Å²) in [6.45, 7) is 0.0355. The zero-order chi connectivity index (χ0) is 22.0. The van der Waals surface area contributed by atoms with E-state index >= 15 is 0 Å². The van der Waals surface area contributed by atoms with E-state index in [-0.39, 0.29) is 24.2 Å². The van der Waals surface area contributed by atoms with Gasteiger partial charge in [0.2, 0.25) is 5.91 Å². The van der Waals surface area contributed by atoms with Crippen LogP contribution < -0.4 is 4.90 Å². The Balaban J connectivity index is 1.82. The number of nitrogens with zero attached hydrogens (tertiary/aromatic N) is 4. The van der Waals surface area contributed by atoms with Crippen molar-refractivity contribution in [3.63, 3.8) is 0 Å². The van der Waals surface area contributed by atoms with Crippen LogP contribution in [0.4, 0.5) is 11.4 Å². The van der Waals surface area contributed by atoms with Crippen LogP contribution in [-0.2, 0) is 4.79 Å². The van der Waals surface area contributed by atoms with Crippen LogP contribution >= 0.6 is 11.6 Å². The average Bonchev–Trinajstić information content (AvgIpc) is 2.87. The monoisotopic (exact) mass is 434 g/mol. The summed E-state index contributed by atoms with van der Waals surface area (Å²) in [7, 11) is 1.73. The molecule has 1 heterocycles. The van der Waals surface area contributed by atoms with E-state index in [4.69, 9.17) is 11.6 Å². The number of hydrogen-bond donors (Lipinski definition) is 0. The van der Waals surface area contributed by atoms with Crippen molar-refractivity contribution in [2.24, 2.45) is 5.10 Å². The predicted octanol–water partition coefficient (Wildman–Crippen LogP) is 4.65. The smallest absolute Gasteiger partial charge is 0.270 e. The zero-order valence-corrected chi connectivity index (χ0v) is 17.4. The topological polar surface area (TPSA) is 79.0 Å². The van der Waals surface area contributed by atoms with Crippen LogP contribution in [0.1, 0.15) is 22.7 Å². The van der Waals surface area contributed by atoms with Crippen molar-refractivity contribution in [1.29, 1.82) is 0 Å². The summed E-state index contributed by atoms with van der Waals surface area (Å²) in [5, 5.41) is 17.9. The summed E-state index contributed by atoms with van der Waals surface area (Å²) in [6, 6.07) is 21.0. The minimum atomic E-state index is -0.452. The number of halogens is 1. The van der Waals surface area contributed by atoms with Gasteiger partial charge in [-0.3, -0.25) is 19.9 Å². The number of anilines is 1. The minimum Gasteiger partial charge on any atom is -0.314 e. The van der Waals surface area contributed by atoms with E-state index in [2.05, 4.69) is 5.10 Å². The number of hydrazone groups is 1. The van der Waals surface area contributed by atoms with E-state index in [1.54, 1.807) is 35.2 Å². The average molecular weight is 435 g/mol. The van der Waals surface area contributed by atoms with Crippen molar-refractivity contribution in [3.8, 4) is 0 Å². The maximum Gasteiger partial charge on any atom is 0.270 e. The van der Waals surface area contributed by atoms with Gasteiger partial charge in [-0.1, -0.05) is 54.1 Å². The molecular weight excluding hydrogens is 416 g/mol. The number of nitro groups is 1. The van der Waals surface area contributed by atoms with Gasteiger partial charge in [0.1, 0.15) is 6.54 Å². The molecule has 0 saturated carbocycles. The van der Waals surface area contributed by atoms with Gasteiger partial charge in [-0.05, 0) is 23.8 Å². The first-order chi connectivity index (χ1) is 14.9. The van der Waals surface area contributed by atoms with E-state index < -0.39 is 4.92 Å². The van der Waals surface area contributed by atoms with Crippen LogP contribution in [0.5, 0.6) is 0 Å². The molecule has 1 amide bonds. The maximum absolute atomic E-state index is 12.9. The normalized spacial score (nSPS) is 16.3. The summed E-state index contributed by atoms with van der Waals surface area (Å²) in [5.41, 5.74) is 3.11. The molecule has 156 valence electrons. The number of nitro benzene ring substituents is 1. The molecule has 31 heavy (non-hydrogen) atoms. The van der Waals surface area contributed by atoms with Gasteiger partial charge in [-0.25, -0.2) is 0 Å². The number of hydrogen-bond acceptors (Lipinski definition) is 5. The fourth-order valence-electron chi connectivity index (χ4n) is 3.63. The third kappa shape index (κ3) is 4.27. The SMILES string of the molecule is CN1C(=O)CN(N=Cc2cccc([N+](=O)[O-])c2)C(c2ccccc2)c2cc(Cl)ccc21.